The first-order valence-electron chi connectivity index (χ1n) is 8.08. The van der Waals surface area contributed by atoms with Gasteiger partial charge in [-0.25, -0.2) is 0 Å². The van der Waals surface area contributed by atoms with E-state index in [1.54, 1.807) is 0 Å². The van der Waals surface area contributed by atoms with Crippen molar-refractivity contribution in [3.8, 4) is 0 Å². The Bertz CT molecular complexity index is 324. The third kappa shape index (κ3) is 4.98. The van der Waals surface area contributed by atoms with Gasteiger partial charge in [-0.05, 0) is 45.2 Å². The number of piperazine rings is 1. The van der Waals surface area contributed by atoms with Crippen LogP contribution in [-0.4, -0.2) is 60.5 Å². The van der Waals surface area contributed by atoms with Crippen LogP contribution in [0, 0.1) is 0 Å². The number of hydrogen-bond acceptors (Lipinski definition) is 3. The Hall–Kier alpha value is -0.0300. The zero-order valence-electron chi connectivity index (χ0n) is 12.8. The molecule has 0 saturated carbocycles. The van der Waals surface area contributed by atoms with Gasteiger partial charge < -0.3 is 10.2 Å². The highest BCUT2D eigenvalue weighted by molar-refractivity contribution is 5.85. The summed E-state index contributed by atoms with van der Waals surface area (Å²) in [6, 6.07) is 1.25. The molecule has 1 N–H and O–H groups in total. The SMILES string of the molecule is Cl.Cl.O=C(CCC1CCCN1)N1CCN2CCCCC2C1. The van der Waals surface area contributed by atoms with E-state index in [1.165, 1.54) is 38.6 Å². The van der Waals surface area contributed by atoms with Gasteiger partial charge in [0.25, 0.3) is 0 Å². The summed E-state index contributed by atoms with van der Waals surface area (Å²) in [7, 11) is 0. The van der Waals surface area contributed by atoms with E-state index in [9.17, 15) is 4.79 Å². The summed E-state index contributed by atoms with van der Waals surface area (Å²) in [5.74, 6) is 0.388. The summed E-state index contributed by atoms with van der Waals surface area (Å²) < 4.78 is 0. The molecule has 3 heterocycles. The van der Waals surface area contributed by atoms with Gasteiger partial charge >= 0.3 is 0 Å². The number of rotatable bonds is 3. The number of fused-ring (bicyclic) bond motifs is 1. The van der Waals surface area contributed by atoms with E-state index in [4.69, 9.17) is 0 Å². The predicted molar refractivity (Wildman–Crippen MR) is 90.5 cm³/mol. The van der Waals surface area contributed by atoms with Gasteiger partial charge in [-0.2, -0.15) is 0 Å². The van der Waals surface area contributed by atoms with Crippen molar-refractivity contribution in [3.05, 3.63) is 0 Å². The molecule has 3 aliphatic rings. The summed E-state index contributed by atoms with van der Waals surface area (Å²) in [6.45, 7) is 5.42. The van der Waals surface area contributed by atoms with Gasteiger partial charge in [0, 0.05) is 38.1 Å². The van der Waals surface area contributed by atoms with Crippen LogP contribution in [0.25, 0.3) is 0 Å². The average Bonchev–Trinajstić information content (AvgIpc) is 2.97. The Morgan fingerprint density at radius 1 is 1.05 bits per heavy atom. The summed E-state index contributed by atoms with van der Waals surface area (Å²) >= 11 is 0. The molecule has 0 spiro atoms. The maximum Gasteiger partial charge on any atom is 0.222 e. The molecule has 2 unspecified atom stereocenters. The molecule has 0 aromatic rings. The van der Waals surface area contributed by atoms with Gasteiger partial charge in [-0.15, -0.1) is 24.8 Å². The molecule has 1 amide bonds. The summed E-state index contributed by atoms with van der Waals surface area (Å²) in [5.41, 5.74) is 0. The Morgan fingerprint density at radius 2 is 1.90 bits per heavy atom. The van der Waals surface area contributed by atoms with Gasteiger partial charge in [-0.1, -0.05) is 6.42 Å². The zero-order chi connectivity index (χ0) is 13.1. The predicted octanol–water partition coefficient (Wildman–Crippen LogP) is 2.06. The van der Waals surface area contributed by atoms with Crippen molar-refractivity contribution in [1.82, 2.24) is 15.1 Å². The van der Waals surface area contributed by atoms with Crippen molar-refractivity contribution in [2.75, 3.05) is 32.7 Å². The minimum Gasteiger partial charge on any atom is -0.340 e. The molecule has 4 nitrogen and oxygen atoms in total. The second kappa shape index (κ2) is 9.19. The zero-order valence-corrected chi connectivity index (χ0v) is 14.4. The van der Waals surface area contributed by atoms with Crippen LogP contribution in [0.2, 0.25) is 0 Å². The van der Waals surface area contributed by atoms with Gasteiger partial charge in [0.15, 0.2) is 0 Å². The maximum absolute atomic E-state index is 12.3. The lowest BCUT2D eigenvalue weighted by Crippen LogP contribution is -2.56. The molecule has 0 radical (unpaired) electrons. The van der Waals surface area contributed by atoms with E-state index in [-0.39, 0.29) is 24.8 Å². The Kier molecular flexibility index (Phi) is 8.32. The van der Waals surface area contributed by atoms with E-state index in [0.717, 1.165) is 39.0 Å². The number of carbonyl (C=O) groups is 1. The summed E-state index contributed by atoms with van der Waals surface area (Å²) in [5, 5.41) is 3.48. The Balaban J connectivity index is 0.00000110. The van der Waals surface area contributed by atoms with Crippen LogP contribution >= 0.6 is 24.8 Å². The van der Waals surface area contributed by atoms with E-state index < -0.39 is 0 Å². The largest absolute Gasteiger partial charge is 0.340 e. The first kappa shape index (κ1) is 19.0. The van der Waals surface area contributed by atoms with Crippen LogP contribution < -0.4 is 5.32 Å². The van der Waals surface area contributed by atoms with Crippen LogP contribution in [0.4, 0.5) is 0 Å². The fraction of sp³-hybridized carbons (Fsp3) is 0.933. The van der Waals surface area contributed by atoms with Crippen LogP contribution in [0.15, 0.2) is 0 Å². The van der Waals surface area contributed by atoms with Crippen LogP contribution in [0.3, 0.4) is 0 Å². The average molecular weight is 338 g/mol. The maximum atomic E-state index is 12.3. The monoisotopic (exact) mass is 337 g/mol. The molecule has 0 bridgehead atoms. The van der Waals surface area contributed by atoms with Crippen molar-refractivity contribution >= 4 is 30.7 Å². The van der Waals surface area contributed by atoms with Gasteiger partial charge in [-0.3, -0.25) is 9.69 Å². The molecular weight excluding hydrogens is 309 g/mol. The minimum atomic E-state index is 0. The third-order valence-electron chi connectivity index (χ3n) is 5.06. The third-order valence-corrected chi connectivity index (χ3v) is 5.06. The van der Waals surface area contributed by atoms with Crippen molar-refractivity contribution in [2.45, 2.75) is 57.0 Å². The second-order valence-electron chi connectivity index (χ2n) is 6.36. The van der Waals surface area contributed by atoms with Crippen LogP contribution in [0.5, 0.6) is 0 Å². The lowest BCUT2D eigenvalue weighted by atomic mass is 9.99. The molecule has 3 aliphatic heterocycles. The molecule has 6 heteroatoms. The van der Waals surface area contributed by atoms with Gasteiger partial charge in [0.1, 0.15) is 0 Å². The Morgan fingerprint density at radius 3 is 2.67 bits per heavy atom. The molecule has 3 saturated heterocycles. The molecule has 3 fully saturated rings. The lowest BCUT2D eigenvalue weighted by molar-refractivity contribution is -0.134. The van der Waals surface area contributed by atoms with Gasteiger partial charge in [0.05, 0.1) is 0 Å². The molecule has 3 rings (SSSR count). The highest BCUT2D eigenvalue weighted by atomic mass is 35.5. The number of nitrogens with zero attached hydrogens (tertiary/aromatic N) is 2. The fourth-order valence-electron chi connectivity index (χ4n) is 3.84. The number of amides is 1. The first-order valence-corrected chi connectivity index (χ1v) is 8.08. The smallest absolute Gasteiger partial charge is 0.222 e. The molecule has 0 aromatic heterocycles. The molecule has 0 aliphatic carbocycles. The quantitative estimate of drug-likeness (QED) is 0.856. The van der Waals surface area contributed by atoms with Crippen LogP contribution in [-0.2, 0) is 4.79 Å². The van der Waals surface area contributed by atoms with E-state index in [1.807, 2.05) is 0 Å². The Labute approximate surface area is 140 Å². The normalized spacial score (nSPS) is 29.2. The number of piperidine rings is 1. The van der Waals surface area contributed by atoms with Crippen LogP contribution in [0.1, 0.15) is 44.9 Å². The summed E-state index contributed by atoms with van der Waals surface area (Å²) in [4.78, 5) is 17.0. The highest BCUT2D eigenvalue weighted by Gasteiger charge is 2.30. The minimum absolute atomic E-state index is 0. The van der Waals surface area contributed by atoms with Crippen molar-refractivity contribution in [2.24, 2.45) is 0 Å². The van der Waals surface area contributed by atoms with Crippen molar-refractivity contribution in [3.63, 3.8) is 0 Å². The number of hydrogen-bond donors (Lipinski definition) is 1. The lowest BCUT2D eigenvalue weighted by Gasteiger charge is -2.44. The number of nitrogens with one attached hydrogen (secondary N) is 1. The fourth-order valence-corrected chi connectivity index (χ4v) is 3.84. The highest BCUT2D eigenvalue weighted by Crippen LogP contribution is 2.22. The van der Waals surface area contributed by atoms with Gasteiger partial charge in [0.2, 0.25) is 5.91 Å². The van der Waals surface area contributed by atoms with E-state index >= 15 is 0 Å². The molecule has 0 aromatic carbocycles. The number of carbonyl (C=O) groups excluding carboxylic acids is 1. The van der Waals surface area contributed by atoms with E-state index in [0.29, 0.717) is 18.0 Å². The standard InChI is InChI=1S/C15H27N3O.2ClH/c19-15(7-6-13-4-3-8-16-13)18-11-10-17-9-2-1-5-14(17)12-18;;/h13-14,16H,1-12H2;2*1H. The first-order chi connectivity index (χ1) is 9.33. The molecule has 21 heavy (non-hydrogen) atoms. The molecular formula is C15H29Cl2N3O. The van der Waals surface area contributed by atoms with E-state index in [2.05, 4.69) is 15.1 Å². The molecule has 2 atom stereocenters. The van der Waals surface area contributed by atoms with Crippen molar-refractivity contribution < 1.29 is 4.79 Å². The topological polar surface area (TPSA) is 35.6 Å². The number of halogens is 2. The van der Waals surface area contributed by atoms with Crippen molar-refractivity contribution in [1.29, 1.82) is 0 Å². The summed E-state index contributed by atoms with van der Waals surface area (Å²) in [6.07, 6.45) is 8.28. The molecule has 124 valence electrons. The second-order valence-corrected chi connectivity index (χ2v) is 6.36.